The molecule has 62 valence electrons. The van der Waals surface area contributed by atoms with Gasteiger partial charge in [0, 0.05) is 26.9 Å². The smallest absolute Gasteiger partial charge is 0.377 e. The van der Waals surface area contributed by atoms with Crippen LogP contribution in [0.2, 0.25) is 6.55 Å². The minimum absolute atomic E-state index is 0.649. The highest BCUT2D eigenvalue weighted by atomic mass is 28.4. The van der Waals surface area contributed by atoms with Gasteiger partial charge in [-0.2, -0.15) is 0 Å². The minimum Gasteiger partial charge on any atom is -0.377 e. The first-order chi connectivity index (χ1) is 4.68. The Bertz CT molecular complexity index is 81.1. The van der Waals surface area contributed by atoms with Gasteiger partial charge in [-0.05, 0) is 13.8 Å². The summed E-state index contributed by atoms with van der Waals surface area (Å²) in [7, 11) is -0.601. The lowest BCUT2D eigenvalue weighted by atomic mass is 10.9. The molecule has 0 rings (SSSR count). The molecule has 0 saturated heterocycles. The van der Waals surface area contributed by atoms with Crippen LogP contribution >= 0.6 is 0 Å². The fourth-order valence-electron chi connectivity index (χ4n) is 0.684. The third-order valence-electron chi connectivity index (χ3n) is 1.18. The Labute approximate surface area is 63.7 Å². The first kappa shape index (κ1) is 10.1. The summed E-state index contributed by atoms with van der Waals surface area (Å²) < 4.78 is 15.7. The second kappa shape index (κ2) is 4.84. The number of hydrogen-bond acceptors (Lipinski definition) is 3. The lowest BCUT2D eigenvalue weighted by molar-refractivity contribution is 0.0939. The van der Waals surface area contributed by atoms with Gasteiger partial charge < -0.3 is 13.3 Å². The van der Waals surface area contributed by atoms with Crippen molar-refractivity contribution in [3.05, 3.63) is 0 Å². The normalized spacial score (nSPS) is 12.0. The molecule has 0 atom stereocenters. The van der Waals surface area contributed by atoms with E-state index in [-0.39, 0.29) is 0 Å². The van der Waals surface area contributed by atoms with Crippen LogP contribution in [0, 0.1) is 0 Å². The summed E-state index contributed by atoms with van der Waals surface area (Å²) >= 11 is 0. The number of rotatable bonds is 5. The average molecular weight is 164 g/mol. The van der Waals surface area contributed by atoms with E-state index < -0.39 is 8.80 Å². The first-order valence-electron chi connectivity index (χ1n) is 3.51. The summed E-state index contributed by atoms with van der Waals surface area (Å²) in [6, 6.07) is 0. The molecule has 0 aromatic heterocycles. The Morgan fingerprint density at radius 1 is 1.10 bits per heavy atom. The Balaban J connectivity index is 3.69. The van der Waals surface area contributed by atoms with E-state index >= 15 is 0 Å². The Morgan fingerprint density at radius 2 is 1.50 bits per heavy atom. The summed E-state index contributed by atoms with van der Waals surface area (Å²) in [5.74, 6) is 0. The standard InChI is InChI=1S/C6H16O3Si/c1-5-8-10(4,7-3)9-6-2/h5-6H2,1-4H3. The Kier molecular flexibility index (Phi) is 4.89. The molecule has 0 aromatic carbocycles. The molecule has 0 aromatic rings. The molecule has 0 aliphatic rings. The second-order valence-electron chi connectivity index (χ2n) is 1.93. The fraction of sp³-hybridized carbons (Fsp3) is 1.00. The zero-order valence-corrected chi connectivity index (χ0v) is 8.14. The van der Waals surface area contributed by atoms with Crippen molar-refractivity contribution in [3.63, 3.8) is 0 Å². The molecule has 0 aliphatic heterocycles. The molecule has 0 radical (unpaired) electrons. The van der Waals surface area contributed by atoms with E-state index in [9.17, 15) is 0 Å². The highest BCUT2D eigenvalue weighted by Crippen LogP contribution is 2.06. The van der Waals surface area contributed by atoms with Crippen molar-refractivity contribution >= 4 is 8.80 Å². The van der Waals surface area contributed by atoms with Crippen LogP contribution in [-0.4, -0.2) is 29.1 Å². The van der Waals surface area contributed by atoms with Gasteiger partial charge in [0.25, 0.3) is 0 Å². The lowest BCUT2D eigenvalue weighted by Gasteiger charge is -2.22. The summed E-state index contributed by atoms with van der Waals surface area (Å²) in [6.45, 7) is 7.06. The van der Waals surface area contributed by atoms with E-state index in [0.29, 0.717) is 13.2 Å². The Hall–Kier alpha value is 0.0969. The maximum atomic E-state index is 5.31. The van der Waals surface area contributed by atoms with E-state index in [1.54, 1.807) is 7.11 Å². The number of hydrogen-bond donors (Lipinski definition) is 0. The summed E-state index contributed by atoms with van der Waals surface area (Å²) in [4.78, 5) is 0. The highest BCUT2D eigenvalue weighted by molar-refractivity contribution is 6.59. The van der Waals surface area contributed by atoms with Gasteiger partial charge in [0.1, 0.15) is 0 Å². The lowest BCUT2D eigenvalue weighted by Crippen LogP contribution is -2.41. The first-order valence-corrected chi connectivity index (χ1v) is 5.74. The molecular weight excluding hydrogens is 148 g/mol. The van der Waals surface area contributed by atoms with Crippen LogP contribution in [0.1, 0.15) is 13.8 Å². The zero-order valence-electron chi connectivity index (χ0n) is 7.14. The third-order valence-corrected chi connectivity index (χ3v) is 3.55. The maximum Gasteiger partial charge on any atom is 0.497 e. The van der Waals surface area contributed by atoms with Crippen LogP contribution < -0.4 is 0 Å². The average Bonchev–Trinajstić information content (AvgIpc) is 1.89. The van der Waals surface area contributed by atoms with Gasteiger partial charge in [-0.1, -0.05) is 0 Å². The van der Waals surface area contributed by atoms with Crippen LogP contribution in [0.3, 0.4) is 0 Å². The van der Waals surface area contributed by atoms with Crippen molar-refractivity contribution in [1.29, 1.82) is 0 Å². The molecule has 0 saturated carbocycles. The predicted octanol–water partition coefficient (Wildman–Crippen LogP) is 1.27. The molecule has 3 nitrogen and oxygen atoms in total. The van der Waals surface area contributed by atoms with Crippen molar-refractivity contribution in [2.45, 2.75) is 20.4 Å². The molecule has 4 heteroatoms. The van der Waals surface area contributed by atoms with E-state index in [2.05, 4.69) is 0 Å². The van der Waals surface area contributed by atoms with Crippen molar-refractivity contribution < 1.29 is 13.3 Å². The van der Waals surface area contributed by atoms with Crippen molar-refractivity contribution in [2.75, 3.05) is 20.3 Å². The summed E-state index contributed by atoms with van der Waals surface area (Å²) in [6.07, 6.45) is 0. The van der Waals surface area contributed by atoms with E-state index in [1.807, 2.05) is 20.4 Å². The van der Waals surface area contributed by atoms with Crippen molar-refractivity contribution in [1.82, 2.24) is 0 Å². The largest absolute Gasteiger partial charge is 0.497 e. The van der Waals surface area contributed by atoms with Gasteiger partial charge in [-0.25, -0.2) is 0 Å². The molecular formula is C6H16O3Si. The predicted molar refractivity (Wildman–Crippen MR) is 41.9 cm³/mol. The van der Waals surface area contributed by atoms with Gasteiger partial charge in [0.2, 0.25) is 0 Å². The minimum atomic E-state index is -2.22. The fourth-order valence-corrected chi connectivity index (χ4v) is 2.05. The van der Waals surface area contributed by atoms with Gasteiger partial charge >= 0.3 is 8.80 Å². The maximum absolute atomic E-state index is 5.31. The topological polar surface area (TPSA) is 27.7 Å². The highest BCUT2D eigenvalue weighted by Gasteiger charge is 2.31. The molecule has 0 amide bonds. The van der Waals surface area contributed by atoms with Gasteiger partial charge in [0.05, 0.1) is 0 Å². The van der Waals surface area contributed by atoms with E-state index in [4.69, 9.17) is 13.3 Å². The quantitative estimate of drug-likeness (QED) is 0.573. The van der Waals surface area contributed by atoms with Crippen LogP contribution in [0.5, 0.6) is 0 Å². The van der Waals surface area contributed by atoms with Crippen LogP contribution in [0.4, 0.5) is 0 Å². The molecule has 0 fully saturated rings. The van der Waals surface area contributed by atoms with E-state index in [0.717, 1.165) is 0 Å². The Morgan fingerprint density at radius 3 is 1.70 bits per heavy atom. The molecule has 10 heavy (non-hydrogen) atoms. The molecule has 0 unspecified atom stereocenters. The molecule has 0 N–H and O–H groups in total. The van der Waals surface area contributed by atoms with Gasteiger partial charge in [-0.15, -0.1) is 0 Å². The molecule has 0 spiro atoms. The monoisotopic (exact) mass is 164 g/mol. The van der Waals surface area contributed by atoms with Crippen LogP contribution in [0.25, 0.3) is 0 Å². The molecule has 0 heterocycles. The summed E-state index contributed by atoms with van der Waals surface area (Å²) in [5.41, 5.74) is 0. The van der Waals surface area contributed by atoms with Crippen LogP contribution in [0.15, 0.2) is 0 Å². The summed E-state index contributed by atoms with van der Waals surface area (Å²) in [5, 5.41) is 0. The van der Waals surface area contributed by atoms with Gasteiger partial charge in [-0.3, -0.25) is 0 Å². The molecule has 0 aliphatic carbocycles. The zero-order chi connectivity index (χ0) is 8.04. The SMILES string of the molecule is CCO[Si](C)(OC)OCC. The van der Waals surface area contributed by atoms with Crippen molar-refractivity contribution in [2.24, 2.45) is 0 Å². The third kappa shape index (κ3) is 3.31. The van der Waals surface area contributed by atoms with Crippen LogP contribution in [-0.2, 0) is 13.3 Å². The molecule has 0 bridgehead atoms. The second-order valence-corrected chi connectivity index (χ2v) is 4.64. The van der Waals surface area contributed by atoms with E-state index in [1.165, 1.54) is 0 Å². The van der Waals surface area contributed by atoms with Crippen molar-refractivity contribution in [3.8, 4) is 0 Å². The van der Waals surface area contributed by atoms with Gasteiger partial charge in [0.15, 0.2) is 0 Å².